The van der Waals surface area contributed by atoms with Gasteiger partial charge in [0, 0.05) is 19.0 Å². The molecule has 0 heterocycles. The largest absolute Gasteiger partial charge is 0.462 e. The Morgan fingerprint density at radius 3 is 1.67 bits per heavy atom. The van der Waals surface area contributed by atoms with Gasteiger partial charge >= 0.3 is 5.66 Å². The highest BCUT2D eigenvalue weighted by Crippen LogP contribution is 2.14. The van der Waals surface area contributed by atoms with Crippen LogP contribution in [-0.4, -0.2) is 22.2 Å². The molecule has 0 aliphatic heterocycles. The zero-order valence-corrected chi connectivity index (χ0v) is 6.44. The van der Waals surface area contributed by atoms with Crippen molar-refractivity contribution in [1.29, 1.82) is 0 Å². The molecule has 0 spiro atoms. The average Bonchev–Trinajstić information content (AvgIpc) is 1.86. The number of ketones is 2. The number of carbonyl (C=O) groups excluding carboxylic acids is 2. The number of Topliss-reactive ketones (excluding diaryl/α,β-unsaturated/α-hetero) is 2. The van der Waals surface area contributed by atoms with Crippen LogP contribution in [0, 0.1) is 15.0 Å². The maximum atomic E-state index is 10.6. The van der Waals surface area contributed by atoms with Crippen LogP contribution in [0.15, 0.2) is 5.18 Å². The van der Waals surface area contributed by atoms with Crippen molar-refractivity contribution in [3.63, 3.8) is 0 Å². The molecule has 0 fully saturated rings. The molecule has 7 nitrogen and oxygen atoms in total. The predicted octanol–water partition coefficient (Wildman–Crippen LogP) is -0.0962. The Bertz CT molecular complexity index is 223. The summed E-state index contributed by atoms with van der Waals surface area (Å²) in [6, 6.07) is 0. The summed E-state index contributed by atoms with van der Waals surface area (Å²) in [5, 5.41) is 12.2. The van der Waals surface area contributed by atoms with E-state index in [4.69, 9.17) is 0 Å². The van der Waals surface area contributed by atoms with Crippen molar-refractivity contribution < 1.29 is 14.5 Å². The molecule has 0 aliphatic rings. The molecular weight excluding hydrogens is 168 g/mol. The van der Waals surface area contributed by atoms with Crippen molar-refractivity contribution in [3.05, 3.63) is 15.0 Å². The van der Waals surface area contributed by atoms with Crippen LogP contribution in [0.5, 0.6) is 0 Å². The van der Waals surface area contributed by atoms with Crippen molar-refractivity contribution in [3.8, 4) is 0 Å². The fourth-order valence-electron chi connectivity index (χ4n) is 0.667. The van der Waals surface area contributed by atoms with E-state index in [1.54, 1.807) is 0 Å². The van der Waals surface area contributed by atoms with Crippen LogP contribution in [0.4, 0.5) is 0 Å². The molecule has 0 radical (unpaired) electrons. The van der Waals surface area contributed by atoms with Crippen LogP contribution >= 0.6 is 0 Å². The monoisotopic (exact) mass is 174 g/mol. The van der Waals surface area contributed by atoms with E-state index in [0.717, 1.165) is 13.8 Å². The minimum atomic E-state index is -2.94. The first-order valence-electron chi connectivity index (χ1n) is 2.90. The summed E-state index contributed by atoms with van der Waals surface area (Å²) in [7, 11) is 0. The maximum absolute atomic E-state index is 10.6. The smallest absolute Gasteiger partial charge is 0.289 e. The van der Waals surface area contributed by atoms with Crippen LogP contribution in [0.25, 0.3) is 0 Å². The summed E-state index contributed by atoms with van der Waals surface area (Å²) < 4.78 is 0. The average molecular weight is 174 g/mol. The first-order valence-corrected chi connectivity index (χ1v) is 2.90. The SMILES string of the molecule is CC(=O)C(N=O)(C(C)=O)[N+](=O)[O-]. The Morgan fingerprint density at radius 1 is 1.33 bits per heavy atom. The summed E-state index contributed by atoms with van der Waals surface area (Å²) in [5.74, 6) is -2.37. The van der Waals surface area contributed by atoms with Crippen molar-refractivity contribution in [2.45, 2.75) is 19.5 Å². The fourth-order valence-corrected chi connectivity index (χ4v) is 0.667. The van der Waals surface area contributed by atoms with Gasteiger partial charge in [-0.3, -0.25) is 19.7 Å². The summed E-state index contributed by atoms with van der Waals surface area (Å²) in [6.07, 6.45) is 0. The second-order valence-corrected chi connectivity index (χ2v) is 2.13. The molecule has 0 aromatic carbocycles. The van der Waals surface area contributed by atoms with Crippen LogP contribution in [-0.2, 0) is 9.59 Å². The van der Waals surface area contributed by atoms with E-state index in [9.17, 15) is 24.6 Å². The van der Waals surface area contributed by atoms with Gasteiger partial charge in [0.2, 0.25) is 11.6 Å². The Labute approximate surface area is 66.9 Å². The molecule has 0 bridgehead atoms. The molecule has 66 valence electrons. The highest BCUT2D eigenvalue weighted by molar-refractivity contribution is 6.07. The Kier molecular flexibility index (Phi) is 2.72. The summed E-state index contributed by atoms with van der Waals surface area (Å²) >= 11 is 0. The van der Waals surface area contributed by atoms with Crippen molar-refractivity contribution in [2.75, 3.05) is 0 Å². The number of rotatable bonds is 4. The van der Waals surface area contributed by atoms with Gasteiger partial charge < -0.3 is 0 Å². The molecule has 0 unspecified atom stereocenters. The van der Waals surface area contributed by atoms with Gasteiger partial charge in [-0.2, -0.15) is 0 Å². The molecule has 0 N–H and O–H groups in total. The first kappa shape index (κ1) is 10.3. The third kappa shape index (κ3) is 1.20. The second kappa shape index (κ2) is 3.16. The van der Waals surface area contributed by atoms with Gasteiger partial charge in [-0.1, -0.05) is 0 Å². The molecule has 12 heavy (non-hydrogen) atoms. The molecule has 0 rings (SSSR count). The Hall–Kier alpha value is -1.66. The number of carbonyl (C=O) groups is 2. The van der Waals surface area contributed by atoms with Crippen molar-refractivity contribution in [2.24, 2.45) is 5.18 Å². The molecule has 0 saturated carbocycles. The fraction of sp³-hybridized carbons (Fsp3) is 0.600. The van der Waals surface area contributed by atoms with Crippen LogP contribution < -0.4 is 0 Å². The quantitative estimate of drug-likeness (QED) is 0.256. The van der Waals surface area contributed by atoms with E-state index in [1.165, 1.54) is 0 Å². The summed E-state index contributed by atoms with van der Waals surface area (Å²) in [5.41, 5.74) is -2.94. The van der Waals surface area contributed by atoms with Gasteiger partial charge in [-0.25, -0.2) is 0 Å². The van der Waals surface area contributed by atoms with Gasteiger partial charge in [0.05, 0.1) is 4.92 Å². The summed E-state index contributed by atoms with van der Waals surface area (Å²) in [4.78, 5) is 40.2. The summed E-state index contributed by atoms with van der Waals surface area (Å²) in [6.45, 7) is 1.54. The van der Waals surface area contributed by atoms with Crippen LogP contribution in [0.2, 0.25) is 0 Å². The van der Waals surface area contributed by atoms with E-state index < -0.39 is 22.2 Å². The van der Waals surface area contributed by atoms with Crippen molar-refractivity contribution >= 4 is 11.6 Å². The second-order valence-electron chi connectivity index (χ2n) is 2.13. The molecule has 0 saturated heterocycles. The normalized spacial score (nSPS) is 10.5. The third-order valence-corrected chi connectivity index (χ3v) is 1.38. The van der Waals surface area contributed by atoms with Gasteiger partial charge in [-0.15, -0.1) is 4.91 Å². The lowest BCUT2D eigenvalue weighted by atomic mass is 10.0. The van der Waals surface area contributed by atoms with Crippen molar-refractivity contribution in [1.82, 2.24) is 0 Å². The lowest BCUT2D eigenvalue weighted by Gasteiger charge is -2.09. The number of nitro groups is 1. The Balaban J connectivity index is 5.33. The number of hydrogen-bond acceptors (Lipinski definition) is 6. The van der Waals surface area contributed by atoms with E-state index >= 15 is 0 Å². The Morgan fingerprint density at radius 2 is 1.67 bits per heavy atom. The minimum Gasteiger partial charge on any atom is -0.289 e. The highest BCUT2D eigenvalue weighted by atomic mass is 16.6. The van der Waals surface area contributed by atoms with E-state index in [2.05, 4.69) is 0 Å². The molecule has 7 heteroatoms. The van der Waals surface area contributed by atoms with Gasteiger partial charge in [0.1, 0.15) is 0 Å². The lowest BCUT2D eigenvalue weighted by Crippen LogP contribution is -2.49. The highest BCUT2D eigenvalue weighted by Gasteiger charge is 2.56. The van der Waals surface area contributed by atoms with E-state index in [1.807, 2.05) is 5.18 Å². The number of hydrogen-bond donors (Lipinski definition) is 0. The molecule has 0 aromatic rings. The molecule has 0 aromatic heterocycles. The molecule has 0 atom stereocenters. The van der Waals surface area contributed by atoms with Gasteiger partial charge in [0.15, 0.2) is 0 Å². The van der Waals surface area contributed by atoms with Gasteiger partial charge in [-0.05, 0) is 0 Å². The maximum Gasteiger partial charge on any atom is 0.462 e. The first-order chi connectivity index (χ1) is 5.39. The van der Waals surface area contributed by atoms with E-state index in [0.29, 0.717) is 0 Å². The standard InChI is InChI=1S/C5H6N2O5/c1-3(8)5(6-10,4(2)9)7(11)12/h1-2H3. The molecule has 0 amide bonds. The minimum absolute atomic E-state index is 0.769. The zero-order chi connectivity index (χ0) is 9.94. The topological polar surface area (TPSA) is 107 Å². The molecule has 0 aliphatic carbocycles. The zero-order valence-electron chi connectivity index (χ0n) is 6.44. The third-order valence-electron chi connectivity index (χ3n) is 1.38. The number of nitroso groups, excluding NO2 is 1. The van der Waals surface area contributed by atoms with Gasteiger partial charge in [0.25, 0.3) is 0 Å². The van der Waals surface area contributed by atoms with Crippen LogP contribution in [0.3, 0.4) is 0 Å². The van der Waals surface area contributed by atoms with E-state index in [-0.39, 0.29) is 0 Å². The predicted molar refractivity (Wildman–Crippen MR) is 36.9 cm³/mol. The number of nitrogens with zero attached hydrogens (tertiary/aromatic N) is 2. The van der Waals surface area contributed by atoms with Crippen LogP contribution in [0.1, 0.15) is 13.8 Å². The molecular formula is C5H6N2O5. The lowest BCUT2D eigenvalue weighted by molar-refractivity contribution is -0.533.